The molecule has 2 fully saturated rings. The van der Waals surface area contributed by atoms with Crippen molar-refractivity contribution in [2.45, 2.75) is 31.3 Å². The fourth-order valence-corrected chi connectivity index (χ4v) is 4.87. The van der Waals surface area contributed by atoms with Gasteiger partial charge in [-0.15, -0.1) is 0 Å². The second kappa shape index (κ2) is 8.34. The van der Waals surface area contributed by atoms with Crippen LogP contribution in [-0.4, -0.2) is 57.1 Å². The molecule has 0 bridgehead atoms. The zero-order chi connectivity index (χ0) is 23.1. The van der Waals surface area contributed by atoms with E-state index >= 15 is 0 Å². The van der Waals surface area contributed by atoms with Crippen molar-refractivity contribution in [2.24, 2.45) is 0 Å². The van der Waals surface area contributed by atoms with Gasteiger partial charge in [-0.1, -0.05) is 0 Å². The van der Waals surface area contributed by atoms with Gasteiger partial charge in [-0.05, 0) is 49.6 Å². The molecule has 0 saturated carbocycles. The third-order valence-electron chi connectivity index (χ3n) is 6.41. The molecule has 2 N–H and O–H groups in total. The molecule has 0 spiro atoms. The number of hydrogen-bond acceptors (Lipinski definition) is 4. The monoisotopic (exact) mass is 455 g/mol. The molecule has 8 nitrogen and oxygen atoms in total. The van der Waals surface area contributed by atoms with Gasteiger partial charge >= 0.3 is 6.09 Å². The summed E-state index contributed by atoms with van der Waals surface area (Å²) >= 11 is 0. The quantitative estimate of drug-likeness (QED) is 0.629. The lowest BCUT2D eigenvalue weighted by atomic mass is 10.0. The van der Waals surface area contributed by atoms with Gasteiger partial charge in [0.15, 0.2) is 0 Å². The Hall–Kier alpha value is -3.69. The molecule has 3 aromatic rings. The largest absolute Gasteiger partial charge is 0.465 e. The van der Waals surface area contributed by atoms with Crippen LogP contribution in [0.15, 0.2) is 42.7 Å². The maximum absolute atomic E-state index is 14.5. The Morgan fingerprint density at radius 3 is 2.79 bits per heavy atom. The van der Waals surface area contributed by atoms with E-state index in [9.17, 15) is 18.4 Å². The molecule has 0 unspecified atom stereocenters. The van der Waals surface area contributed by atoms with E-state index in [0.29, 0.717) is 49.4 Å². The Bertz CT molecular complexity index is 1230. The molecule has 33 heavy (non-hydrogen) atoms. The summed E-state index contributed by atoms with van der Waals surface area (Å²) in [7, 11) is 0. The van der Waals surface area contributed by atoms with Crippen molar-refractivity contribution in [3.8, 4) is 0 Å². The van der Waals surface area contributed by atoms with Crippen LogP contribution >= 0.6 is 0 Å². The van der Waals surface area contributed by atoms with Crippen LogP contribution in [-0.2, 0) is 0 Å². The van der Waals surface area contributed by atoms with E-state index in [4.69, 9.17) is 5.11 Å². The number of halogens is 2. The van der Waals surface area contributed by atoms with E-state index in [1.807, 2.05) is 11.0 Å². The fraction of sp³-hybridized carbons (Fsp3) is 0.348. The molecule has 172 valence electrons. The molecule has 2 saturated heterocycles. The molecule has 2 amide bonds. The van der Waals surface area contributed by atoms with Crippen molar-refractivity contribution < 1.29 is 23.5 Å². The first-order valence-corrected chi connectivity index (χ1v) is 10.9. The number of carbonyl (C=O) groups is 2. The van der Waals surface area contributed by atoms with Crippen molar-refractivity contribution >= 4 is 23.3 Å². The van der Waals surface area contributed by atoms with Crippen molar-refractivity contribution in [1.82, 2.24) is 19.6 Å². The van der Waals surface area contributed by atoms with Crippen molar-refractivity contribution in [3.63, 3.8) is 0 Å². The lowest BCUT2D eigenvalue weighted by molar-refractivity contribution is 0.0781. The first kappa shape index (κ1) is 21.2. The van der Waals surface area contributed by atoms with Crippen LogP contribution in [0, 0.1) is 11.6 Å². The molecule has 4 heterocycles. The SMILES string of the molecule is O=C(O)N[C@H]1CCN(C(=O)c2cnc3ccc(N4CCC[C@@H]4c4cc(F)ccc4F)cn23)C1. The molecule has 2 aliphatic heterocycles. The first-order valence-electron chi connectivity index (χ1n) is 10.9. The van der Waals surface area contributed by atoms with Crippen LogP contribution in [0.2, 0.25) is 0 Å². The lowest BCUT2D eigenvalue weighted by Gasteiger charge is -2.27. The number of amides is 2. The third kappa shape index (κ3) is 3.96. The van der Waals surface area contributed by atoms with E-state index in [1.165, 1.54) is 12.3 Å². The number of nitrogens with zero attached hydrogens (tertiary/aromatic N) is 4. The summed E-state index contributed by atoms with van der Waals surface area (Å²) in [5.41, 5.74) is 2.07. The first-order chi connectivity index (χ1) is 15.9. The molecule has 10 heteroatoms. The number of carboxylic acid groups (broad SMARTS) is 1. The number of fused-ring (bicyclic) bond motifs is 1. The number of likely N-dealkylation sites (tertiary alicyclic amines) is 1. The van der Waals surface area contributed by atoms with Crippen LogP contribution < -0.4 is 10.2 Å². The van der Waals surface area contributed by atoms with Gasteiger partial charge in [0, 0.05) is 31.4 Å². The highest BCUT2D eigenvalue weighted by atomic mass is 19.1. The maximum atomic E-state index is 14.5. The van der Waals surface area contributed by atoms with Crippen LogP contribution in [0.3, 0.4) is 0 Å². The summed E-state index contributed by atoms with van der Waals surface area (Å²) < 4.78 is 30.0. The summed E-state index contributed by atoms with van der Waals surface area (Å²) in [4.78, 5) is 32.0. The number of carbonyl (C=O) groups excluding carboxylic acids is 1. The number of pyridine rings is 1. The van der Waals surface area contributed by atoms with E-state index < -0.39 is 17.7 Å². The topological polar surface area (TPSA) is 90.2 Å². The van der Waals surface area contributed by atoms with Gasteiger partial charge in [0.25, 0.3) is 5.91 Å². The zero-order valence-corrected chi connectivity index (χ0v) is 17.7. The highest BCUT2D eigenvalue weighted by Gasteiger charge is 2.31. The smallest absolute Gasteiger partial charge is 0.404 e. The van der Waals surface area contributed by atoms with E-state index in [2.05, 4.69) is 10.3 Å². The highest BCUT2D eigenvalue weighted by molar-refractivity contribution is 5.93. The summed E-state index contributed by atoms with van der Waals surface area (Å²) in [5.74, 6) is -1.15. The Morgan fingerprint density at radius 2 is 1.97 bits per heavy atom. The summed E-state index contributed by atoms with van der Waals surface area (Å²) in [6, 6.07) is 6.58. The number of hydrogen-bond donors (Lipinski definition) is 2. The molecule has 1 aromatic carbocycles. The third-order valence-corrected chi connectivity index (χ3v) is 6.41. The van der Waals surface area contributed by atoms with Gasteiger partial charge in [0.05, 0.1) is 24.0 Å². The second-order valence-electron chi connectivity index (χ2n) is 8.46. The number of aromatic nitrogens is 2. The molecule has 2 atom stereocenters. The molecular weight excluding hydrogens is 432 g/mol. The molecule has 0 radical (unpaired) electrons. The predicted octanol–water partition coefficient (Wildman–Crippen LogP) is 3.44. The van der Waals surface area contributed by atoms with Gasteiger partial charge in [0.1, 0.15) is 23.0 Å². The van der Waals surface area contributed by atoms with E-state index in [1.54, 1.807) is 21.6 Å². The lowest BCUT2D eigenvalue weighted by Crippen LogP contribution is -2.37. The average molecular weight is 455 g/mol. The predicted molar refractivity (Wildman–Crippen MR) is 116 cm³/mol. The maximum Gasteiger partial charge on any atom is 0.404 e. The van der Waals surface area contributed by atoms with Crippen molar-refractivity contribution in [1.29, 1.82) is 0 Å². The van der Waals surface area contributed by atoms with Gasteiger partial charge in [-0.25, -0.2) is 18.6 Å². The molecular formula is C23H23F2N5O3. The standard InChI is InChI=1S/C23H23F2N5O3/c24-14-3-5-18(25)17(10-14)19-2-1-8-29(19)16-4-6-21-26-11-20(30(21)13-16)22(31)28-9-7-15(12-28)27-23(32)33/h3-6,10-11,13,15,19,27H,1-2,7-9,12H2,(H,32,33)/t15-,19+/m0/s1. The summed E-state index contributed by atoms with van der Waals surface area (Å²) in [5, 5.41) is 11.3. The van der Waals surface area contributed by atoms with Gasteiger partial charge in [0.2, 0.25) is 0 Å². The van der Waals surface area contributed by atoms with E-state index in [0.717, 1.165) is 24.2 Å². The number of imidazole rings is 1. The van der Waals surface area contributed by atoms with Crippen LogP contribution in [0.5, 0.6) is 0 Å². The van der Waals surface area contributed by atoms with E-state index in [-0.39, 0.29) is 18.0 Å². The molecule has 2 aromatic heterocycles. The minimum absolute atomic E-state index is 0.233. The Kier molecular flexibility index (Phi) is 5.35. The van der Waals surface area contributed by atoms with Gasteiger partial charge < -0.3 is 20.2 Å². The number of benzene rings is 1. The minimum atomic E-state index is -1.11. The Balaban J connectivity index is 1.43. The summed E-state index contributed by atoms with van der Waals surface area (Å²) in [6.07, 6.45) is 4.28. The van der Waals surface area contributed by atoms with Crippen LogP contribution in [0.1, 0.15) is 41.4 Å². The average Bonchev–Trinajstić information content (AvgIpc) is 3.53. The zero-order valence-electron chi connectivity index (χ0n) is 17.7. The minimum Gasteiger partial charge on any atom is -0.465 e. The van der Waals surface area contributed by atoms with Crippen molar-refractivity contribution in [2.75, 3.05) is 24.5 Å². The van der Waals surface area contributed by atoms with Gasteiger partial charge in [-0.2, -0.15) is 0 Å². The fourth-order valence-electron chi connectivity index (χ4n) is 4.87. The summed E-state index contributed by atoms with van der Waals surface area (Å²) in [6.45, 7) is 1.42. The molecule has 2 aliphatic rings. The number of nitrogens with one attached hydrogen (secondary N) is 1. The molecule has 5 rings (SSSR count). The Morgan fingerprint density at radius 1 is 1.12 bits per heavy atom. The Labute approximate surface area is 188 Å². The number of anilines is 1. The normalized spacial score (nSPS) is 20.5. The van der Waals surface area contributed by atoms with Crippen LogP contribution in [0.25, 0.3) is 5.65 Å². The number of rotatable bonds is 4. The van der Waals surface area contributed by atoms with Crippen molar-refractivity contribution in [3.05, 3.63) is 65.6 Å². The molecule has 0 aliphatic carbocycles. The highest BCUT2D eigenvalue weighted by Crippen LogP contribution is 2.37. The van der Waals surface area contributed by atoms with Gasteiger partial charge in [-0.3, -0.25) is 9.20 Å². The van der Waals surface area contributed by atoms with Crippen LogP contribution in [0.4, 0.5) is 19.3 Å². The second-order valence-corrected chi connectivity index (χ2v) is 8.46.